The van der Waals surface area contributed by atoms with E-state index in [1.807, 2.05) is 0 Å². The van der Waals surface area contributed by atoms with Crippen molar-refractivity contribution in [3.63, 3.8) is 0 Å². The summed E-state index contributed by atoms with van der Waals surface area (Å²) in [5, 5.41) is 9.95. The van der Waals surface area contributed by atoms with Crippen LogP contribution in [0, 0.1) is 0 Å². The second-order valence-electron chi connectivity index (χ2n) is 2.41. The van der Waals surface area contributed by atoms with Crippen LogP contribution in [0.2, 0.25) is 0 Å². The fourth-order valence-corrected chi connectivity index (χ4v) is 1.58. The molecule has 0 spiro atoms. The SMILES string of the molecule is CC(O)c1cc(C(F)(F)F)cs1. The van der Waals surface area contributed by atoms with Gasteiger partial charge in [0.25, 0.3) is 0 Å². The summed E-state index contributed by atoms with van der Waals surface area (Å²) < 4.78 is 36.0. The minimum Gasteiger partial charge on any atom is -0.388 e. The first-order valence-electron chi connectivity index (χ1n) is 3.25. The second kappa shape index (κ2) is 3.06. The Balaban J connectivity index is 2.92. The summed E-state index contributed by atoms with van der Waals surface area (Å²) in [4.78, 5) is 0.335. The lowest BCUT2D eigenvalue weighted by Gasteiger charge is -2.01. The zero-order valence-corrected chi connectivity index (χ0v) is 7.04. The molecule has 1 nitrogen and oxygen atoms in total. The van der Waals surface area contributed by atoms with E-state index in [0.29, 0.717) is 4.88 Å². The molecule has 1 heterocycles. The van der Waals surface area contributed by atoms with Crippen molar-refractivity contribution in [3.05, 3.63) is 21.9 Å². The molecule has 0 fully saturated rings. The predicted molar refractivity (Wildman–Crippen MR) is 40.0 cm³/mol. The van der Waals surface area contributed by atoms with E-state index in [2.05, 4.69) is 0 Å². The summed E-state index contributed by atoms with van der Waals surface area (Å²) in [5.41, 5.74) is -0.691. The summed E-state index contributed by atoms with van der Waals surface area (Å²) in [7, 11) is 0. The Kier molecular flexibility index (Phi) is 2.44. The van der Waals surface area contributed by atoms with Gasteiger partial charge in [-0.1, -0.05) is 0 Å². The predicted octanol–water partition coefficient (Wildman–Crippen LogP) is 2.82. The van der Waals surface area contributed by atoms with Gasteiger partial charge in [-0.3, -0.25) is 0 Å². The Morgan fingerprint density at radius 1 is 1.50 bits per heavy atom. The molecule has 12 heavy (non-hydrogen) atoms. The van der Waals surface area contributed by atoms with E-state index in [-0.39, 0.29) is 0 Å². The summed E-state index contributed by atoms with van der Waals surface area (Å²) >= 11 is 0.915. The van der Waals surface area contributed by atoms with Gasteiger partial charge >= 0.3 is 6.18 Å². The standard InChI is InChI=1S/C7H7F3OS/c1-4(11)6-2-5(3-12-6)7(8,9)10/h2-4,11H,1H3. The Bertz CT molecular complexity index is 264. The third-order valence-electron chi connectivity index (χ3n) is 1.36. The molecule has 0 saturated carbocycles. The zero-order chi connectivity index (χ0) is 9.35. The van der Waals surface area contributed by atoms with Crippen molar-refractivity contribution in [2.24, 2.45) is 0 Å². The molecule has 1 aromatic rings. The molecular weight excluding hydrogens is 189 g/mol. The monoisotopic (exact) mass is 196 g/mol. The van der Waals surface area contributed by atoms with Crippen LogP contribution in [0.1, 0.15) is 23.5 Å². The average Bonchev–Trinajstić information content (AvgIpc) is 2.30. The molecule has 0 aliphatic carbocycles. The third kappa shape index (κ3) is 1.98. The van der Waals surface area contributed by atoms with Crippen LogP contribution in [0.4, 0.5) is 13.2 Å². The minimum atomic E-state index is -4.30. The van der Waals surface area contributed by atoms with Gasteiger partial charge in [-0.2, -0.15) is 13.2 Å². The molecule has 0 radical (unpaired) electrons. The van der Waals surface area contributed by atoms with E-state index in [9.17, 15) is 13.2 Å². The van der Waals surface area contributed by atoms with Crippen LogP contribution in [-0.4, -0.2) is 5.11 Å². The summed E-state index contributed by atoms with van der Waals surface area (Å²) in [5.74, 6) is 0. The molecule has 1 N–H and O–H groups in total. The average molecular weight is 196 g/mol. The van der Waals surface area contributed by atoms with Crippen LogP contribution < -0.4 is 0 Å². The van der Waals surface area contributed by atoms with Gasteiger partial charge in [-0.25, -0.2) is 0 Å². The zero-order valence-electron chi connectivity index (χ0n) is 6.22. The molecule has 0 aliphatic heterocycles. The van der Waals surface area contributed by atoms with Crippen LogP contribution >= 0.6 is 11.3 Å². The smallest absolute Gasteiger partial charge is 0.388 e. The Labute approximate surface area is 71.5 Å². The molecule has 5 heteroatoms. The summed E-state index contributed by atoms with van der Waals surface area (Å²) in [6.45, 7) is 1.44. The number of aliphatic hydroxyl groups is 1. The molecule has 0 aromatic carbocycles. The van der Waals surface area contributed by atoms with Crippen molar-refractivity contribution in [3.8, 4) is 0 Å². The first-order valence-corrected chi connectivity index (χ1v) is 4.13. The Hall–Kier alpha value is -0.550. The normalized spacial score (nSPS) is 14.8. The van der Waals surface area contributed by atoms with Gasteiger partial charge in [-0.15, -0.1) is 11.3 Å². The molecule has 1 unspecified atom stereocenters. The van der Waals surface area contributed by atoms with Gasteiger partial charge in [-0.05, 0) is 13.0 Å². The van der Waals surface area contributed by atoms with Crippen molar-refractivity contribution in [2.45, 2.75) is 19.2 Å². The highest BCUT2D eigenvalue weighted by Crippen LogP contribution is 2.34. The number of aliphatic hydroxyl groups excluding tert-OH is 1. The van der Waals surface area contributed by atoms with E-state index >= 15 is 0 Å². The topological polar surface area (TPSA) is 20.2 Å². The minimum absolute atomic E-state index is 0.335. The lowest BCUT2D eigenvalue weighted by molar-refractivity contribution is -0.137. The number of halogens is 3. The quantitative estimate of drug-likeness (QED) is 0.732. The summed E-state index contributed by atoms with van der Waals surface area (Å²) in [6, 6.07) is 0.968. The van der Waals surface area contributed by atoms with E-state index in [1.54, 1.807) is 0 Å². The molecule has 1 aromatic heterocycles. The maximum absolute atomic E-state index is 12.0. The van der Waals surface area contributed by atoms with E-state index in [1.165, 1.54) is 6.92 Å². The number of hydrogen-bond acceptors (Lipinski definition) is 2. The van der Waals surface area contributed by atoms with Crippen LogP contribution in [0.5, 0.6) is 0 Å². The lowest BCUT2D eigenvalue weighted by atomic mass is 10.2. The van der Waals surface area contributed by atoms with Gasteiger partial charge in [0.15, 0.2) is 0 Å². The first-order chi connectivity index (χ1) is 5.41. The van der Waals surface area contributed by atoms with Crippen molar-refractivity contribution in [1.29, 1.82) is 0 Å². The van der Waals surface area contributed by atoms with Gasteiger partial charge in [0.2, 0.25) is 0 Å². The maximum atomic E-state index is 12.0. The highest BCUT2D eigenvalue weighted by Gasteiger charge is 2.31. The van der Waals surface area contributed by atoms with Crippen molar-refractivity contribution in [1.82, 2.24) is 0 Å². The molecule has 0 amide bonds. The van der Waals surface area contributed by atoms with E-state index in [4.69, 9.17) is 5.11 Å². The molecular formula is C7H7F3OS. The van der Waals surface area contributed by atoms with Crippen LogP contribution in [-0.2, 0) is 6.18 Å². The number of alkyl halides is 3. The van der Waals surface area contributed by atoms with Crippen LogP contribution in [0.25, 0.3) is 0 Å². The van der Waals surface area contributed by atoms with Gasteiger partial charge in [0.05, 0.1) is 11.7 Å². The highest BCUT2D eigenvalue weighted by molar-refractivity contribution is 7.10. The van der Waals surface area contributed by atoms with Gasteiger partial charge in [0, 0.05) is 10.3 Å². The second-order valence-corrected chi connectivity index (χ2v) is 3.35. The molecule has 0 saturated heterocycles. The molecule has 68 valence electrons. The molecule has 0 aliphatic rings. The fraction of sp³-hybridized carbons (Fsp3) is 0.429. The maximum Gasteiger partial charge on any atom is 0.417 e. The van der Waals surface area contributed by atoms with Crippen molar-refractivity contribution < 1.29 is 18.3 Å². The number of hydrogen-bond donors (Lipinski definition) is 1. The number of rotatable bonds is 1. The molecule has 1 atom stereocenters. The Morgan fingerprint density at radius 2 is 2.08 bits per heavy atom. The highest BCUT2D eigenvalue weighted by atomic mass is 32.1. The molecule has 0 bridgehead atoms. The van der Waals surface area contributed by atoms with E-state index in [0.717, 1.165) is 22.8 Å². The number of thiophene rings is 1. The largest absolute Gasteiger partial charge is 0.417 e. The van der Waals surface area contributed by atoms with Crippen LogP contribution in [0.3, 0.4) is 0 Å². The fourth-order valence-electron chi connectivity index (χ4n) is 0.721. The first kappa shape index (κ1) is 9.54. The van der Waals surface area contributed by atoms with Crippen LogP contribution in [0.15, 0.2) is 11.4 Å². The van der Waals surface area contributed by atoms with Crippen molar-refractivity contribution >= 4 is 11.3 Å². The van der Waals surface area contributed by atoms with Gasteiger partial charge < -0.3 is 5.11 Å². The third-order valence-corrected chi connectivity index (χ3v) is 2.46. The van der Waals surface area contributed by atoms with Crippen molar-refractivity contribution in [2.75, 3.05) is 0 Å². The van der Waals surface area contributed by atoms with Gasteiger partial charge in [0.1, 0.15) is 0 Å². The summed E-state index contributed by atoms with van der Waals surface area (Å²) in [6.07, 6.45) is -5.13. The lowest BCUT2D eigenvalue weighted by Crippen LogP contribution is -2.02. The molecule has 1 rings (SSSR count). The van der Waals surface area contributed by atoms with E-state index < -0.39 is 17.8 Å². The Morgan fingerprint density at radius 3 is 2.33 bits per heavy atom.